The zero-order chi connectivity index (χ0) is 22.6. The maximum absolute atomic E-state index is 12.6. The molecule has 1 aliphatic carbocycles. The minimum atomic E-state index is -0.234. The first kappa shape index (κ1) is 21.2. The summed E-state index contributed by atoms with van der Waals surface area (Å²) in [5, 5.41) is 5.80. The number of hydrogen-bond donors (Lipinski definition) is 2. The van der Waals surface area contributed by atoms with Crippen LogP contribution in [-0.4, -0.2) is 39.4 Å². The van der Waals surface area contributed by atoms with Crippen molar-refractivity contribution in [3.63, 3.8) is 0 Å². The Hall–Kier alpha value is -3.68. The summed E-state index contributed by atoms with van der Waals surface area (Å²) in [6.45, 7) is 2.68. The highest BCUT2D eigenvalue weighted by atomic mass is 16.2. The molecule has 0 bridgehead atoms. The third kappa shape index (κ3) is 5.22. The highest BCUT2D eigenvalue weighted by molar-refractivity contribution is 5.94. The Morgan fingerprint density at radius 1 is 0.970 bits per heavy atom. The lowest BCUT2D eigenvalue weighted by atomic mass is 10.1. The third-order valence-corrected chi connectivity index (χ3v) is 6.15. The standard InChI is InChI=1S/C25H28N6O2/c32-24(19-6-7-19)29-20-8-11-23(26-15-20)31-16-22(28-17-31)25(33)27-14-18-4-9-21(10-5-18)30-12-2-1-3-13-30/h4-5,8-11,15-17,19H,1-3,6-7,12-14H2,(H,27,33)(H,29,32). The highest BCUT2D eigenvalue weighted by Gasteiger charge is 2.29. The van der Waals surface area contributed by atoms with Gasteiger partial charge >= 0.3 is 0 Å². The fourth-order valence-electron chi connectivity index (χ4n) is 4.02. The van der Waals surface area contributed by atoms with Crippen LogP contribution in [0.5, 0.6) is 0 Å². The zero-order valence-corrected chi connectivity index (χ0v) is 18.5. The average Bonchev–Trinajstić information content (AvgIpc) is 3.61. The van der Waals surface area contributed by atoms with E-state index < -0.39 is 0 Å². The van der Waals surface area contributed by atoms with Crippen LogP contribution in [0.1, 0.15) is 48.2 Å². The Morgan fingerprint density at radius 2 is 1.76 bits per heavy atom. The number of amides is 2. The van der Waals surface area contributed by atoms with Gasteiger partial charge in [-0.3, -0.25) is 14.2 Å². The normalized spacial score (nSPS) is 15.8. The van der Waals surface area contributed by atoms with Gasteiger partial charge in [-0.1, -0.05) is 12.1 Å². The lowest BCUT2D eigenvalue weighted by molar-refractivity contribution is -0.117. The van der Waals surface area contributed by atoms with Crippen molar-refractivity contribution in [1.29, 1.82) is 0 Å². The lowest BCUT2D eigenvalue weighted by Gasteiger charge is -2.28. The lowest BCUT2D eigenvalue weighted by Crippen LogP contribution is -2.29. The summed E-state index contributed by atoms with van der Waals surface area (Å²) in [5.41, 5.74) is 3.29. The predicted octanol–water partition coefficient (Wildman–Crippen LogP) is 3.54. The molecule has 8 heteroatoms. The Bertz CT molecular complexity index is 1110. The molecular weight excluding hydrogens is 416 g/mol. The van der Waals surface area contributed by atoms with E-state index in [4.69, 9.17) is 0 Å². The fraction of sp³-hybridized carbons (Fsp3) is 0.360. The molecule has 33 heavy (non-hydrogen) atoms. The second-order valence-corrected chi connectivity index (χ2v) is 8.73. The molecule has 3 heterocycles. The fourth-order valence-corrected chi connectivity index (χ4v) is 4.02. The van der Waals surface area contributed by atoms with Crippen LogP contribution in [0.3, 0.4) is 0 Å². The van der Waals surface area contributed by atoms with E-state index in [-0.39, 0.29) is 17.7 Å². The molecule has 2 N–H and O–H groups in total. The van der Waals surface area contributed by atoms with Gasteiger partial charge in [0, 0.05) is 37.4 Å². The molecule has 2 fully saturated rings. The highest BCUT2D eigenvalue weighted by Crippen LogP contribution is 2.30. The molecule has 1 aliphatic heterocycles. The second-order valence-electron chi connectivity index (χ2n) is 8.73. The van der Waals surface area contributed by atoms with E-state index >= 15 is 0 Å². The molecule has 2 amide bonds. The maximum atomic E-state index is 12.6. The van der Waals surface area contributed by atoms with Crippen LogP contribution in [0.4, 0.5) is 11.4 Å². The van der Waals surface area contributed by atoms with E-state index in [1.807, 2.05) is 0 Å². The van der Waals surface area contributed by atoms with Gasteiger partial charge in [0.25, 0.3) is 5.91 Å². The van der Waals surface area contributed by atoms with Crippen LogP contribution in [-0.2, 0) is 11.3 Å². The van der Waals surface area contributed by atoms with Crippen molar-refractivity contribution in [2.75, 3.05) is 23.3 Å². The maximum Gasteiger partial charge on any atom is 0.271 e. The number of aromatic nitrogens is 3. The molecule has 0 radical (unpaired) electrons. The molecular formula is C25H28N6O2. The van der Waals surface area contributed by atoms with Gasteiger partial charge < -0.3 is 15.5 Å². The number of pyridine rings is 1. The van der Waals surface area contributed by atoms with Crippen molar-refractivity contribution < 1.29 is 9.59 Å². The van der Waals surface area contributed by atoms with Crippen LogP contribution in [0.2, 0.25) is 0 Å². The van der Waals surface area contributed by atoms with Gasteiger partial charge in [-0.05, 0) is 61.9 Å². The van der Waals surface area contributed by atoms with Gasteiger partial charge in [0.15, 0.2) is 0 Å². The number of anilines is 2. The zero-order valence-electron chi connectivity index (χ0n) is 18.5. The van der Waals surface area contributed by atoms with E-state index in [9.17, 15) is 9.59 Å². The molecule has 1 aromatic carbocycles. The molecule has 0 atom stereocenters. The first-order chi connectivity index (χ1) is 16.2. The summed E-state index contributed by atoms with van der Waals surface area (Å²) in [5.74, 6) is 0.584. The number of imidazole rings is 1. The number of benzene rings is 1. The first-order valence-electron chi connectivity index (χ1n) is 11.6. The van der Waals surface area contributed by atoms with Gasteiger partial charge in [0.2, 0.25) is 5.91 Å². The number of piperidine rings is 1. The Morgan fingerprint density at radius 3 is 2.45 bits per heavy atom. The molecule has 0 spiro atoms. The molecule has 3 aromatic rings. The van der Waals surface area contributed by atoms with Crippen LogP contribution in [0, 0.1) is 5.92 Å². The Kier molecular flexibility index (Phi) is 6.06. The molecule has 2 aliphatic rings. The molecule has 0 unspecified atom stereocenters. The number of nitrogens with zero attached hydrogens (tertiary/aromatic N) is 4. The van der Waals surface area contributed by atoms with Gasteiger partial charge in [0.1, 0.15) is 17.8 Å². The topological polar surface area (TPSA) is 92.2 Å². The SMILES string of the molecule is O=C(NCc1ccc(N2CCCCC2)cc1)c1cn(-c2ccc(NC(=O)C3CC3)cn2)cn1. The van der Waals surface area contributed by atoms with E-state index in [1.165, 1.54) is 24.9 Å². The van der Waals surface area contributed by atoms with Crippen molar-refractivity contribution in [2.45, 2.75) is 38.6 Å². The molecule has 2 aromatic heterocycles. The van der Waals surface area contributed by atoms with Crippen molar-refractivity contribution in [3.8, 4) is 5.82 Å². The van der Waals surface area contributed by atoms with Gasteiger partial charge in [-0.2, -0.15) is 0 Å². The van der Waals surface area contributed by atoms with Crippen LogP contribution < -0.4 is 15.5 Å². The second kappa shape index (κ2) is 9.44. The molecule has 5 rings (SSSR count). The summed E-state index contributed by atoms with van der Waals surface area (Å²) < 4.78 is 1.69. The predicted molar refractivity (Wildman–Crippen MR) is 126 cm³/mol. The Labute approximate surface area is 193 Å². The van der Waals surface area contributed by atoms with Gasteiger partial charge in [-0.25, -0.2) is 9.97 Å². The van der Waals surface area contributed by atoms with E-state index in [2.05, 4.69) is 49.8 Å². The minimum absolute atomic E-state index is 0.0484. The molecule has 1 saturated heterocycles. The van der Waals surface area contributed by atoms with Crippen molar-refractivity contribution >= 4 is 23.2 Å². The summed E-state index contributed by atoms with van der Waals surface area (Å²) in [6.07, 6.45) is 10.6. The number of nitrogens with one attached hydrogen (secondary N) is 2. The molecule has 1 saturated carbocycles. The van der Waals surface area contributed by atoms with Crippen LogP contribution >= 0.6 is 0 Å². The van der Waals surface area contributed by atoms with Crippen LogP contribution in [0.25, 0.3) is 5.82 Å². The smallest absolute Gasteiger partial charge is 0.271 e. The minimum Gasteiger partial charge on any atom is -0.372 e. The summed E-state index contributed by atoms with van der Waals surface area (Å²) in [6, 6.07) is 12.0. The quantitative estimate of drug-likeness (QED) is 0.582. The van der Waals surface area contributed by atoms with Gasteiger partial charge in [-0.15, -0.1) is 0 Å². The van der Waals surface area contributed by atoms with E-state index in [1.54, 1.807) is 35.4 Å². The van der Waals surface area contributed by atoms with Crippen LogP contribution in [0.15, 0.2) is 55.1 Å². The number of carbonyl (C=O) groups is 2. The largest absolute Gasteiger partial charge is 0.372 e. The third-order valence-electron chi connectivity index (χ3n) is 6.15. The van der Waals surface area contributed by atoms with Gasteiger partial charge in [0.05, 0.1) is 11.9 Å². The molecule has 8 nitrogen and oxygen atoms in total. The van der Waals surface area contributed by atoms with E-state index in [0.29, 0.717) is 23.7 Å². The first-order valence-corrected chi connectivity index (χ1v) is 11.6. The number of carbonyl (C=O) groups excluding carboxylic acids is 2. The summed E-state index contributed by atoms with van der Waals surface area (Å²) >= 11 is 0. The summed E-state index contributed by atoms with van der Waals surface area (Å²) in [4.78, 5) is 35.4. The van der Waals surface area contributed by atoms with E-state index in [0.717, 1.165) is 31.5 Å². The van der Waals surface area contributed by atoms with Crippen molar-refractivity contribution in [1.82, 2.24) is 19.9 Å². The number of rotatable bonds is 7. The summed E-state index contributed by atoms with van der Waals surface area (Å²) in [7, 11) is 0. The number of hydrogen-bond acceptors (Lipinski definition) is 5. The average molecular weight is 445 g/mol. The molecule has 170 valence electrons. The Balaban J connectivity index is 1.15. The van der Waals surface area contributed by atoms with Crippen molar-refractivity contribution in [3.05, 3.63) is 66.4 Å². The monoisotopic (exact) mass is 444 g/mol. The van der Waals surface area contributed by atoms with Crippen molar-refractivity contribution in [2.24, 2.45) is 5.92 Å².